The standard InChI is InChI=1S/C5H12.C4H6N2O2/c1-5(2,3)4;7-3-1-2-5-4(8)6-3/h1-4H3;1-2H2,(H2,5,6,7,8). The van der Waals surface area contributed by atoms with Crippen molar-refractivity contribution in [3.05, 3.63) is 0 Å². The van der Waals surface area contributed by atoms with Crippen molar-refractivity contribution in [3.8, 4) is 0 Å². The lowest BCUT2D eigenvalue weighted by atomic mass is 10.0. The third-order valence-electron chi connectivity index (χ3n) is 0.891. The quantitative estimate of drug-likeness (QED) is 0.598. The molecule has 1 saturated heterocycles. The zero-order valence-corrected chi connectivity index (χ0v) is 8.73. The predicted molar refractivity (Wildman–Crippen MR) is 51.3 cm³/mol. The van der Waals surface area contributed by atoms with E-state index in [1.165, 1.54) is 0 Å². The van der Waals surface area contributed by atoms with Crippen LogP contribution in [-0.4, -0.2) is 18.5 Å². The third-order valence-corrected chi connectivity index (χ3v) is 0.891. The number of carbonyl (C=O) groups is 2. The molecule has 0 aromatic rings. The highest BCUT2D eigenvalue weighted by Crippen LogP contribution is 2.08. The Hall–Kier alpha value is -1.06. The van der Waals surface area contributed by atoms with Crippen molar-refractivity contribution in [1.29, 1.82) is 0 Å². The first-order chi connectivity index (χ1) is 5.79. The fourth-order valence-electron chi connectivity index (χ4n) is 0.523. The van der Waals surface area contributed by atoms with Gasteiger partial charge in [-0.05, 0) is 5.41 Å². The molecule has 1 heterocycles. The van der Waals surface area contributed by atoms with Crippen LogP contribution in [0.4, 0.5) is 4.79 Å². The molecule has 0 aromatic heterocycles. The molecule has 76 valence electrons. The molecule has 0 atom stereocenters. The smallest absolute Gasteiger partial charge is 0.321 e. The summed E-state index contributed by atoms with van der Waals surface area (Å²) in [6.07, 6.45) is 0.395. The van der Waals surface area contributed by atoms with Gasteiger partial charge in [-0.3, -0.25) is 10.1 Å². The summed E-state index contributed by atoms with van der Waals surface area (Å²) in [6.45, 7) is 9.21. The molecule has 1 rings (SSSR count). The van der Waals surface area contributed by atoms with Gasteiger partial charge in [-0.15, -0.1) is 0 Å². The Bertz CT molecular complexity index is 174. The van der Waals surface area contributed by atoms with Gasteiger partial charge in [-0.1, -0.05) is 27.7 Å². The maximum atomic E-state index is 10.3. The second kappa shape index (κ2) is 4.84. The highest BCUT2D eigenvalue weighted by molar-refractivity contribution is 5.96. The van der Waals surface area contributed by atoms with E-state index in [2.05, 4.69) is 38.3 Å². The average Bonchev–Trinajstić information content (AvgIpc) is 1.81. The lowest BCUT2D eigenvalue weighted by Crippen LogP contribution is -2.46. The summed E-state index contributed by atoms with van der Waals surface area (Å²) >= 11 is 0. The van der Waals surface area contributed by atoms with Gasteiger partial charge in [0, 0.05) is 13.0 Å². The van der Waals surface area contributed by atoms with E-state index in [-0.39, 0.29) is 11.9 Å². The maximum Gasteiger partial charge on any atom is 0.321 e. The van der Waals surface area contributed by atoms with Gasteiger partial charge in [-0.2, -0.15) is 0 Å². The van der Waals surface area contributed by atoms with Gasteiger partial charge in [0.2, 0.25) is 5.91 Å². The fraction of sp³-hybridized carbons (Fsp3) is 0.778. The van der Waals surface area contributed by atoms with Gasteiger partial charge < -0.3 is 5.32 Å². The molecule has 0 unspecified atom stereocenters. The molecular weight excluding hydrogens is 168 g/mol. The van der Waals surface area contributed by atoms with E-state index in [1.807, 2.05) is 0 Å². The van der Waals surface area contributed by atoms with E-state index in [0.717, 1.165) is 0 Å². The molecule has 0 radical (unpaired) electrons. The molecule has 0 aromatic carbocycles. The van der Waals surface area contributed by atoms with Crippen LogP contribution < -0.4 is 10.6 Å². The van der Waals surface area contributed by atoms with Crippen LogP contribution in [-0.2, 0) is 4.79 Å². The Morgan fingerprint density at radius 2 is 1.62 bits per heavy atom. The van der Waals surface area contributed by atoms with Crippen LogP contribution in [0, 0.1) is 5.41 Å². The molecule has 2 N–H and O–H groups in total. The number of rotatable bonds is 0. The topological polar surface area (TPSA) is 58.2 Å². The van der Waals surface area contributed by atoms with Gasteiger partial charge in [0.1, 0.15) is 0 Å². The summed E-state index contributed by atoms with van der Waals surface area (Å²) in [5, 5.41) is 4.53. The summed E-state index contributed by atoms with van der Waals surface area (Å²) in [4.78, 5) is 20.5. The molecule has 13 heavy (non-hydrogen) atoms. The Morgan fingerprint density at radius 1 is 1.15 bits per heavy atom. The third kappa shape index (κ3) is 10.9. The second-order valence-electron chi connectivity index (χ2n) is 4.55. The molecule has 1 aliphatic heterocycles. The lowest BCUT2D eigenvalue weighted by Gasteiger charge is -2.10. The number of hydrogen-bond acceptors (Lipinski definition) is 2. The van der Waals surface area contributed by atoms with E-state index in [4.69, 9.17) is 0 Å². The Morgan fingerprint density at radius 3 is 1.85 bits per heavy atom. The number of urea groups is 1. The zero-order chi connectivity index (χ0) is 10.5. The van der Waals surface area contributed by atoms with Crippen LogP contribution in [0.1, 0.15) is 34.1 Å². The normalized spacial score (nSPS) is 16.6. The van der Waals surface area contributed by atoms with Gasteiger partial charge >= 0.3 is 6.03 Å². The van der Waals surface area contributed by atoms with Crippen LogP contribution in [0.25, 0.3) is 0 Å². The van der Waals surface area contributed by atoms with E-state index >= 15 is 0 Å². The van der Waals surface area contributed by atoms with Crippen molar-refractivity contribution < 1.29 is 9.59 Å². The molecule has 0 saturated carbocycles. The van der Waals surface area contributed by atoms with Gasteiger partial charge in [0.15, 0.2) is 0 Å². The summed E-state index contributed by atoms with van der Waals surface area (Å²) in [6, 6.07) is -0.388. The predicted octanol–water partition coefficient (Wildman–Crippen LogP) is 1.27. The number of imide groups is 1. The molecule has 4 nitrogen and oxygen atoms in total. The van der Waals surface area contributed by atoms with E-state index in [0.29, 0.717) is 18.4 Å². The number of amides is 3. The minimum atomic E-state index is -0.388. The molecule has 3 amide bonds. The number of carbonyl (C=O) groups excluding carboxylic acids is 2. The van der Waals surface area contributed by atoms with Crippen LogP contribution in [0.2, 0.25) is 0 Å². The number of hydrogen-bond donors (Lipinski definition) is 2. The van der Waals surface area contributed by atoms with Crippen LogP contribution in [0.3, 0.4) is 0 Å². The summed E-state index contributed by atoms with van der Waals surface area (Å²) in [7, 11) is 0. The number of nitrogens with one attached hydrogen (secondary N) is 2. The highest BCUT2D eigenvalue weighted by Gasteiger charge is 2.11. The molecular formula is C9H18N2O2. The first-order valence-electron chi connectivity index (χ1n) is 4.37. The van der Waals surface area contributed by atoms with E-state index in [9.17, 15) is 9.59 Å². The van der Waals surface area contributed by atoms with Gasteiger partial charge in [0.25, 0.3) is 0 Å². The van der Waals surface area contributed by atoms with Crippen molar-refractivity contribution in [2.24, 2.45) is 5.41 Å². The monoisotopic (exact) mass is 186 g/mol. The largest absolute Gasteiger partial charge is 0.337 e. The molecule has 0 aliphatic carbocycles. The zero-order valence-electron chi connectivity index (χ0n) is 8.73. The summed E-state index contributed by atoms with van der Waals surface area (Å²) in [5.74, 6) is -0.200. The van der Waals surface area contributed by atoms with Crippen molar-refractivity contribution in [2.45, 2.75) is 34.1 Å². The van der Waals surface area contributed by atoms with Crippen molar-refractivity contribution in [3.63, 3.8) is 0 Å². The van der Waals surface area contributed by atoms with Crippen molar-refractivity contribution in [2.75, 3.05) is 6.54 Å². The van der Waals surface area contributed by atoms with E-state index in [1.54, 1.807) is 0 Å². The van der Waals surface area contributed by atoms with Gasteiger partial charge in [-0.25, -0.2) is 4.79 Å². The second-order valence-corrected chi connectivity index (χ2v) is 4.55. The first-order valence-corrected chi connectivity index (χ1v) is 4.37. The first kappa shape index (κ1) is 11.9. The summed E-state index contributed by atoms with van der Waals surface area (Å²) < 4.78 is 0. The maximum absolute atomic E-state index is 10.3. The van der Waals surface area contributed by atoms with Gasteiger partial charge in [0.05, 0.1) is 0 Å². The molecule has 4 heteroatoms. The lowest BCUT2D eigenvalue weighted by molar-refractivity contribution is -0.120. The van der Waals surface area contributed by atoms with Crippen LogP contribution in [0.5, 0.6) is 0 Å². The molecule has 1 fully saturated rings. The van der Waals surface area contributed by atoms with Crippen LogP contribution in [0.15, 0.2) is 0 Å². The minimum Gasteiger partial charge on any atom is -0.337 e. The molecule has 0 spiro atoms. The highest BCUT2D eigenvalue weighted by atomic mass is 16.2. The van der Waals surface area contributed by atoms with Crippen LogP contribution >= 0.6 is 0 Å². The average molecular weight is 186 g/mol. The Kier molecular flexibility index (Phi) is 4.45. The Balaban J connectivity index is 0.000000252. The molecule has 0 bridgehead atoms. The van der Waals surface area contributed by atoms with Crippen molar-refractivity contribution in [1.82, 2.24) is 10.6 Å². The van der Waals surface area contributed by atoms with E-state index < -0.39 is 0 Å². The summed E-state index contributed by atoms with van der Waals surface area (Å²) in [5.41, 5.74) is 0.500. The Labute approximate surface area is 79.1 Å². The SMILES string of the molecule is CC(C)(C)C.O=C1CCNC(=O)N1. The minimum absolute atomic E-state index is 0.200. The van der Waals surface area contributed by atoms with Crippen molar-refractivity contribution >= 4 is 11.9 Å². The fourth-order valence-corrected chi connectivity index (χ4v) is 0.523. The molecule has 1 aliphatic rings.